The summed E-state index contributed by atoms with van der Waals surface area (Å²) in [4.78, 5) is 11.1. The highest BCUT2D eigenvalue weighted by atomic mass is 32.2. The van der Waals surface area contributed by atoms with Gasteiger partial charge in [0.05, 0.1) is 5.39 Å². The topological polar surface area (TPSA) is 75.9 Å². The summed E-state index contributed by atoms with van der Waals surface area (Å²) in [6.07, 6.45) is 3.98. The molecule has 0 aromatic carbocycles. The van der Waals surface area contributed by atoms with Crippen LogP contribution in [0.15, 0.2) is 6.07 Å². The van der Waals surface area contributed by atoms with Crippen molar-refractivity contribution in [3.63, 3.8) is 0 Å². The van der Waals surface area contributed by atoms with Crippen molar-refractivity contribution in [2.24, 2.45) is 5.84 Å². The minimum Gasteiger partial charge on any atom is -0.368 e. The molecule has 20 heavy (non-hydrogen) atoms. The summed E-state index contributed by atoms with van der Waals surface area (Å²) in [5, 5.41) is 5.26. The number of nitrogens with two attached hydrogens (primary N) is 1. The Morgan fingerprint density at radius 2 is 2.30 bits per heavy atom. The molecule has 0 saturated carbocycles. The molecule has 1 atom stereocenters. The van der Waals surface area contributed by atoms with Gasteiger partial charge in [0.25, 0.3) is 0 Å². The van der Waals surface area contributed by atoms with Crippen LogP contribution in [0.2, 0.25) is 0 Å². The molecule has 2 aromatic rings. The summed E-state index contributed by atoms with van der Waals surface area (Å²) in [5.74, 6) is 8.09. The smallest absolute Gasteiger partial charge is 0.240 e. The van der Waals surface area contributed by atoms with E-state index >= 15 is 0 Å². The molecule has 1 saturated heterocycles. The molecule has 4 N–H and O–H groups in total. The summed E-state index contributed by atoms with van der Waals surface area (Å²) >= 11 is 3.72. The van der Waals surface area contributed by atoms with Crippen molar-refractivity contribution in [1.82, 2.24) is 9.97 Å². The van der Waals surface area contributed by atoms with Gasteiger partial charge >= 0.3 is 0 Å². The van der Waals surface area contributed by atoms with Gasteiger partial charge in [0, 0.05) is 16.7 Å². The molecule has 1 fully saturated rings. The van der Waals surface area contributed by atoms with Gasteiger partial charge in [0.2, 0.25) is 5.95 Å². The second-order valence-electron chi connectivity index (χ2n) is 4.99. The van der Waals surface area contributed by atoms with E-state index in [0.717, 1.165) is 22.6 Å². The van der Waals surface area contributed by atoms with Gasteiger partial charge < -0.3 is 5.32 Å². The van der Waals surface area contributed by atoms with Crippen LogP contribution in [0, 0.1) is 6.92 Å². The molecule has 0 radical (unpaired) electrons. The van der Waals surface area contributed by atoms with Crippen LogP contribution in [0.1, 0.15) is 24.1 Å². The van der Waals surface area contributed by atoms with E-state index in [1.165, 1.54) is 29.9 Å². The summed E-state index contributed by atoms with van der Waals surface area (Å²) in [7, 11) is 0. The van der Waals surface area contributed by atoms with Gasteiger partial charge in [-0.2, -0.15) is 16.7 Å². The molecule has 1 aliphatic heterocycles. The molecule has 1 unspecified atom stereocenters. The lowest BCUT2D eigenvalue weighted by molar-refractivity contribution is 0.677. The highest BCUT2D eigenvalue weighted by molar-refractivity contribution is 7.99. The van der Waals surface area contributed by atoms with Gasteiger partial charge in [-0.1, -0.05) is 6.42 Å². The number of aromatic nitrogens is 2. The molecule has 0 amide bonds. The number of rotatable bonds is 4. The van der Waals surface area contributed by atoms with Crippen molar-refractivity contribution in [1.29, 1.82) is 0 Å². The van der Waals surface area contributed by atoms with Crippen LogP contribution in [-0.4, -0.2) is 27.5 Å². The van der Waals surface area contributed by atoms with E-state index in [9.17, 15) is 0 Å². The van der Waals surface area contributed by atoms with Crippen LogP contribution in [-0.2, 0) is 0 Å². The zero-order chi connectivity index (χ0) is 13.9. The largest absolute Gasteiger partial charge is 0.368 e. The third-order valence-corrected chi connectivity index (χ3v) is 5.76. The van der Waals surface area contributed by atoms with Crippen molar-refractivity contribution < 1.29 is 0 Å². The lowest BCUT2D eigenvalue weighted by Gasteiger charge is -2.21. The van der Waals surface area contributed by atoms with Gasteiger partial charge in [-0.3, -0.25) is 5.43 Å². The minimum absolute atomic E-state index is 0.471. The SMILES string of the molecule is Cc1cc2c(NCC3CCCCS3)nc(NN)nc2s1. The fraction of sp³-hybridized carbons (Fsp3) is 0.538. The van der Waals surface area contributed by atoms with Crippen LogP contribution < -0.4 is 16.6 Å². The maximum atomic E-state index is 5.45. The number of hydrogen-bond donors (Lipinski definition) is 3. The lowest BCUT2D eigenvalue weighted by Crippen LogP contribution is -2.21. The zero-order valence-corrected chi connectivity index (χ0v) is 13.1. The molecular formula is C13H19N5S2. The fourth-order valence-electron chi connectivity index (χ4n) is 2.42. The number of nitrogen functional groups attached to an aromatic ring is 1. The second-order valence-corrected chi connectivity index (χ2v) is 7.63. The molecular weight excluding hydrogens is 290 g/mol. The second kappa shape index (κ2) is 6.15. The van der Waals surface area contributed by atoms with Crippen LogP contribution in [0.4, 0.5) is 11.8 Å². The Morgan fingerprint density at radius 3 is 3.05 bits per heavy atom. The number of thiophene rings is 1. The first-order valence-electron chi connectivity index (χ1n) is 6.86. The highest BCUT2D eigenvalue weighted by Crippen LogP contribution is 2.30. The van der Waals surface area contributed by atoms with Gasteiger partial charge in [0.15, 0.2) is 0 Å². The molecule has 3 heterocycles. The standard InChI is InChI=1S/C13H19N5S2/c1-8-6-10-11(15-7-9-4-2-3-5-19-9)16-13(18-14)17-12(10)20-8/h6,9H,2-5,7,14H2,1H3,(H2,15,16,17,18). The molecule has 2 aromatic heterocycles. The molecule has 5 nitrogen and oxygen atoms in total. The van der Waals surface area contributed by atoms with Crippen molar-refractivity contribution in [3.05, 3.63) is 10.9 Å². The number of nitrogens with zero attached hydrogens (tertiary/aromatic N) is 2. The summed E-state index contributed by atoms with van der Waals surface area (Å²) in [5.41, 5.74) is 2.55. The zero-order valence-electron chi connectivity index (χ0n) is 11.5. The monoisotopic (exact) mass is 309 g/mol. The quantitative estimate of drug-likeness (QED) is 0.595. The first kappa shape index (κ1) is 13.9. The van der Waals surface area contributed by atoms with Gasteiger partial charge in [-0.25, -0.2) is 10.8 Å². The molecule has 0 bridgehead atoms. The average Bonchev–Trinajstić information content (AvgIpc) is 2.86. The fourth-order valence-corrected chi connectivity index (χ4v) is 4.54. The van der Waals surface area contributed by atoms with Gasteiger partial charge in [-0.05, 0) is 31.6 Å². The molecule has 0 aliphatic carbocycles. The number of aryl methyl sites for hydroxylation is 1. The van der Waals surface area contributed by atoms with E-state index in [4.69, 9.17) is 5.84 Å². The Labute approximate surface area is 126 Å². The number of fused-ring (bicyclic) bond motifs is 1. The Kier molecular flexibility index (Phi) is 4.28. The molecule has 3 rings (SSSR count). The predicted molar refractivity (Wildman–Crippen MR) is 88.5 cm³/mol. The third-order valence-electron chi connectivity index (χ3n) is 3.42. The minimum atomic E-state index is 0.471. The van der Waals surface area contributed by atoms with E-state index in [1.54, 1.807) is 11.3 Å². The maximum absolute atomic E-state index is 5.45. The Bertz CT molecular complexity index is 592. The van der Waals surface area contributed by atoms with Crippen LogP contribution in [0.5, 0.6) is 0 Å². The van der Waals surface area contributed by atoms with Crippen molar-refractivity contribution in [2.45, 2.75) is 31.4 Å². The number of hydrazine groups is 1. The van der Waals surface area contributed by atoms with Crippen molar-refractivity contribution in [3.8, 4) is 0 Å². The predicted octanol–water partition coefficient (Wildman–Crippen LogP) is 2.98. The molecule has 1 aliphatic rings. The Hall–Kier alpha value is -1.05. The van der Waals surface area contributed by atoms with E-state index in [2.05, 4.69) is 45.5 Å². The Balaban J connectivity index is 1.81. The van der Waals surface area contributed by atoms with E-state index < -0.39 is 0 Å². The summed E-state index contributed by atoms with van der Waals surface area (Å²) in [6.45, 7) is 3.04. The lowest BCUT2D eigenvalue weighted by atomic mass is 10.2. The van der Waals surface area contributed by atoms with E-state index in [-0.39, 0.29) is 0 Å². The number of thioether (sulfide) groups is 1. The Morgan fingerprint density at radius 1 is 1.40 bits per heavy atom. The van der Waals surface area contributed by atoms with Crippen molar-refractivity contribution in [2.75, 3.05) is 23.0 Å². The summed E-state index contributed by atoms with van der Waals surface area (Å²) < 4.78 is 0. The molecule has 7 heteroatoms. The van der Waals surface area contributed by atoms with Gasteiger partial charge in [-0.15, -0.1) is 11.3 Å². The van der Waals surface area contributed by atoms with Crippen molar-refractivity contribution >= 4 is 45.1 Å². The van der Waals surface area contributed by atoms with Crippen LogP contribution in [0.25, 0.3) is 10.2 Å². The molecule has 108 valence electrons. The third kappa shape index (κ3) is 2.99. The van der Waals surface area contributed by atoms with E-state index in [0.29, 0.717) is 11.2 Å². The number of anilines is 2. The highest BCUT2D eigenvalue weighted by Gasteiger charge is 2.15. The summed E-state index contributed by atoms with van der Waals surface area (Å²) in [6, 6.07) is 2.14. The molecule has 0 spiro atoms. The van der Waals surface area contributed by atoms with Crippen LogP contribution >= 0.6 is 23.1 Å². The van der Waals surface area contributed by atoms with Crippen LogP contribution in [0.3, 0.4) is 0 Å². The average molecular weight is 309 g/mol. The first-order valence-corrected chi connectivity index (χ1v) is 8.73. The first-order chi connectivity index (χ1) is 9.76. The number of hydrogen-bond acceptors (Lipinski definition) is 7. The normalized spacial score (nSPS) is 19.2. The number of nitrogens with one attached hydrogen (secondary N) is 2. The van der Waals surface area contributed by atoms with Gasteiger partial charge in [0.1, 0.15) is 10.6 Å². The van der Waals surface area contributed by atoms with E-state index in [1.807, 2.05) is 0 Å². The maximum Gasteiger partial charge on any atom is 0.240 e.